The van der Waals surface area contributed by atoms with Crippen molar-refractivity contribution in [3.05, 3.63) is 35.4 Å². The first-order valence-corrected chi connectivity index (χ1v) is 6.92. The molecular formula is C15H20F2N2O2. The van der Waals surface area contributed by atoms with Crippen molar-refractivity contribution in [2.45, 2.75) is 18.4 Å². The van der Waals surface area contributed by atoms with Gasteiger partial charge in [0.2, 0.25) is 5.91 Å². The molecule has 1 heterocycles. The Labute approximate surface area is 123 Å². The highest BCUT2D eigenvalue weighted by Crippen LogP contribution is 2.34. The van der Waals surface area contributed by atoms with Gasteiger partial charge in [0.15, 0.2) is 0 Å². The molecule has 0 bridgehead atoms. The molecule has 1 aliphatic rings. The van der Waals surface area contributed by atoms with E-state index in [1.54, 1.807) is 19.0 Å². The number of carbonyl (C=O) groups excluding carboxylic acids is 1. The fourth-order valence-corrected chi connectivity index (χ4v) is 2.65. The molecule has 0 unspecified atom stereocenters. The average molecular weight is 298 g/mol. The summed E-state index contributed by atoms with van der Waals surface area (Å²) in [7, 11) is 3.57. The van der Waals surface area contributed by atoms with Crippen molar-refractivity contribution >= 4 is 5.91 Å². The lowest BCUT2D eigenvalue weighted by Crippen LogP contribution is -2.52. The molecule has 1 N–H and O–H groups in total. The standard InChI is InChI=1S/C15H20F2N2O2/c1-19(2)10-14(20)18-15(5-7-21-8-6-15)12-4-3-11(16)9-13(12)17/h3-4,9H,5-8,10H2,1-2H3,(H,18,20). The molecule has 0 aliphatic carbocycles. The Morgan fingerprint density at radius 2 is 2.00 bits per heavy atom. The van der Waals surface area contributed by atoms with E-state index in [4.69, 9.17) is 4.74 Å². The topological polar surface area (TPSA) is 41.6 Å². The van der Waals surface area contributed by atoms with Gasteiger partial charge in [-0.25, -0.2) is 8.78 Å². The Balaban J connectivity index is 2.30. The highest BCUT2D eigenvalue weighted by molar-refractivity contribution is 5.79. The lowest BCUT2D eigenvalue weighted by atomic mass is 9.82. The van der Waals surface area contributed by atoms with Crippen molar-refractivity contribution in [3.8, 4) is 0 Å². The number of hydrogen-bond acceptors (Lipinski definition) is 3. The number of nitrogens with one attached hydrogen (secondary N) is 1. The fourth-order valence-electron chi connectivity index (χ4n) is 2.65. The van der Waals surface area contributed by atoms with Crippen LogP contribution in [0.5, 0.6) is 0 Å². The molecule has 21 heavy (non-hydrogen) atoms. The molecular weight excluding hydrogens is 278 g/mol. The van der Waals surface area contributed by atoms with Crippen molar-refractivity contribution in [3.63, 3.8) is 0 Å². The SMILES string of the molecule is CN(C)CC(=O)NC1(c2ccc(F)cc2F)CCOCC1. The van der Waals surface area contributed by atoms with Gasteiger partial charge in [-0.3, -0.25) is 4.79 Å². The van der Waals surface area contributed by atoms with Crippen molar-refractivity contribution in [1.29, 1.82) is 0 Å². The third-order valence-corrected chi connectivity index (χ3v) is 3.63. The maximum Gasteiger partial charge on any atom is 0.234 e. The maximum atomic E-state index is 14.2. The number of halogens is 2. The van der Waals surface area contributed by atoms with E-state index in [9.17, 15) is 13.6 Å². The highest BCUT2D eigenvalue weighted by atomic mass is 19.1. The summed E-state index contributed by atoms with van der Waals surface area (Å²) in [6, 6.07) is 3.48. The second kappa shape index (κ2) is 6.49. The molecule has 0 atom stereocenters. The average Bonchev–Trinajstić information content (AvgIpc) is 2.38. The Morgan fingerprint density at radius 1 is 1.33 bits per heavy atom. The number of rotatable bonds is 4. The molecule has 0 radical (unpaired) electrons. The number of hydrogen-bond donors (Lipinski definition) is 1. The van der Waals surface area contributed by atoms with Gasteiger partial charge in [0.1, 0.15) is 11.6 Å². The summed E-state index contributed by atoms with van der Waals surface area (Å²) < 4.78 is 32.6. The van der Waals surface area contributed by atoms with Crippen molar-refractivity contribution in [1.82, 2.24) is 10.2 Å². The summed E-state index contributed by atoms with van der Waals surface area (Å²) >= 11 is 0. The summed E-state index contributed by atoms with van der Waals surface area (Å²) in [5, 5.41) is 2.92. The normalized spacial score (nSPS) is 17.8. The number of carbonyl (C=O) groups is 1. The third-order valence-electron chi connectivity index (χ3n) is 3.63. The van der Waals surface area contributed by atoms with E-state index in [1.807, 2.05) is 0 Å². The first-order valence-electron chi connectivity index (χ1n) is 6.92. The third kappa shape index (κ3) is 3.77. The zero-order chi connectivity index (χ0) is 15.5. The lowest BCUT2D eigenvalue weighted by molar-refractivity contribution is -0.125. The number of amides is 1. The van der Waals surface area contributed by atoms with Crippen LogP contribution in [0.3, 0.4) is 0 Å². The van der Waals surface area contributed by atoms with Crippen LogP contribution in [0, 0.1) is 11.6 Å². The van der Waals surface area contributed by atoms with Gasteiger partial charge in [-0.15, -0.1) is 0 Å². The Hall–Kier alpha value is -1.53. The number of ether oxygens (including phenoxy) is 1. The van der Waals surface area contributed by atoms with Crippen molar-refractivity contribution < 1.29 is 18.3 Å². The van der Waals surface area contributed by atoms with Crippen LogP contribution in [-0.2, 0) is 15.1 Å². The summed E-state index contributed by atoms with van der Waals surface area (Å²) in [6.45, 7) is 1.07. The lowest BCUT2D eigenvalue weighted by Gasteiger charge is -2.39. The molecule has 2 rings (SSSR count). The van der Waals surface area contributed by atoms with Crippen LogP contribution in [0.4, 0.5) is 8.78 Å². The molecule has 116 valence electrons. The van der Waals surface area contributed by atoms with Gasteiger partial charge in [-0.1, -0.05) is 6.07 Å². The molecule has 1 saturated heterocycles. The van der Waals surface area contributed by atoms with Crippen LogP contribution < -0.4 is 5.32 Å². The minimum atomic E-state index is -0.830. The monoisotopic (exact) mass is 298 g/mol. The van der Waals surface area contributed by atoms with E-state index >= 15 is 0 Å². The van der Waals surface area contributed by atoms with E-state index in [0.29, 0.717) is 31.6 Å². The quantitative estimate of drug-likeness (QED) is 0.919. The summed E-state index contributed by atoms with van der Waals surface area (Å²) in [6.07, 6.45) is 0.934. The van der Waals surface area contributed by atoms with Gasteiger partial charge in [0.05, 0.1) is 12.1 Å². The molecule has 1 aliphatic heterocycles. The number of benzene rings is 1. The molecule has 1 fully saturated rings. The predicted octanol–water partition coefficient (Wildman–Crippen LogP) is 1.65. The minimum Gasteiger partial charge on any atom is -0.381 e. The fraction of sp³-hybridized carbons (Fsp3) is 0.533. The van der Waals surface area contributed by atoms with Crippen LogP contribution in [0.1, 0.15) is 18.4 Å². The van der Waals surface area contributed by atoms with Crippen LogP contribution in [0.25, 0.3) is 0 Å². The Bertz CT molecular complexity index is 514. The zero-order valence-electron chi connectivity index (χ0n) is 12.3. The molecule has 6 heteroatoms. The first-order chi connectivity index (χ1) is 9.93. The van der Waals surface area contributed by atoms with Crippen molar-refractivity contribution in [2.75, 3.05) is 33.9 Å². The molecule has 1 aromatic rings. The van der Waals surface area contributed by atoms with E-state index in [1.165, 1.54) is 12.1 Å². The smallest absolute Gasteiger partial charge is 0.234 e. The second-order valence-corrected chi connectivity index (χ2v) is 5.60. The van der Waals surface area contributed by atoms with Crippen LogP contribution in [-0.4, -0.2) is 44.7 Å². The van der Waals surface area contributed by atoms with Gasteiger partial charge in [-0.05, 0) is 33.0 Å². The highest BCUT2D eigenvalue weighted by Gasteiger charge is 2.38. The molecule has 1 amide bonds. The Morgan fingerprint density at radius 3 is 2.57 bits per heavy atom. The molecule has 0 spiro atoms. The van der Waals surface area contributed by atoms with Gasteiger partial charge in [-0.2, -0.15) is 0 Å². The molecule has 0 aromatic heterocycles. The van der Waals surface area contributed by atoms with E-state index < -0.39 is 17.2 Å². The van der Waals surface area contributed by atoms with E-state index in [2.05, 4.69) is 5.32 Å². The van der Waals surface area contributed by atoms with E-state index in [0.717, 1.165) is 6.07 Å². The predicted molar refractivity (Wildman–Crippen MR) is 74.8 cm³/mol. The maximum absolute atomic E-state index is 14.2. The summed E-state index contributed by atoms with van der Waals surface area (Å²) in [5.74, 6) is -1.45. The number of likely N-dealkylation sites (N-methyl/N-ethyl adjacent to an activating group) is 1. The zero-order valence-corrected chi connectivity index (χ0v) is 12.3. The van der Waals surface area contributed by atoms with Crippen molar-refractivity contribution in [2.24, 2.45) is 0 Å². The van der Waals surface area contributed by atoms with Gasteiger partial charge in [0, 0.05) is 24.8 Å². The molecule has 4 nitrogen and oxygen atoms in total. The van der Waals surface area contributed by atoms with Crippen LogP contribution >= 0.6 is 0 Å². The van der Waals surface area contributed by atoms with Crippen LogP contribution in [0.15, 0.2) is 18.2 Å². The number of nitrogens with zero attached hydrogens (tertiary/aromatic N) is 1. The first kappa shape index (κ1) is 15.9. The van der Waals surface area contributed by atoms with Gasteiger partial charge >= 0.3 is 0 Å². The largest absolute Gasteiger partial charge is 0.381 e. The van der Waals surface area contributed by atoms with Crippen LogP contribution in [0.2, 0.25) is 0 Å². The van der Waals surface area contributed by atoms with Gasteiger partial charge < -0.3 is 15.0 Å². The molecule has 0 saturated carbocycles. The second-order valence-electron chi connectivity index (χ2n) is 5.60. The van der Waals surface area contributed by atoms with Gasteiger partial charge in [0.25, 0.3) is 0 Å². The molecule has 1 aromatic carbocycles. The summed E-state index contributed by atoms with van der Waals surface area (Å²) in [5.41, 5.74) is -0.511. The Kier molecular flexibility index (Phi) is 4.90. The van der Waals surface area contributed by atoms with E-state index in [-0.39, 0.29) is 12.5 Å². The minimum absolute atomic E-state index is 0.189. The summed E-state index contributed by atoms with van der Waals surface area (Å²) in [4.78, 5) is 13.8.